The lowest BCUT2D eigenvalue weighted by molar-refractivity contribution is 0.153. The molecule has 0 bridgehead atoms. The van der Waals surface area contributed by atoms with Crippen LogP contribution in [0, 0.1) is 0 Å². The first-order valence-corrected chi connectivity index (χ1v) is 5.85. The molecule has 86 valence electrons. The van der Waals surface area contributed by atoms with Gasteiger partial charge in [0.1, 0.15) is 0 Å². The molecular weight excluding hydrogens is 188 g/mol. The number of nitrogens with zero attached hydrogens (tertiary/aromatic N) is 2. The van der Waals surface area contributed by atoms with E-state index in [9.17, 15) is 5.11 Å². The molecule has 3 heteroatoms. The zero-order chi connectivity index (χ0) is 11.3. The van der Waals surface area contributed by atoms with Crippen LogP contribution >= 0.6 is 0 Å². The average Bonchev–Trinajstić information content (AvgIpc) is 2.63. The Balaban J connectivity index is 2.37. The third-order valence-corrected chi connectivity index (χ3v) is 2.55. The fourth-order valence-corrected chi connectivity index (χ4v) is 1.59. The molecule has 0 saturated carbocycles. The molecular formula is C12H22N2O. The molecule has 0 fully saturated rings. The second-order valence-electron chi connectivity index (χ2n) is 4.36. The van der Waals surface area contributed by atoms with Gasteiger partial charge in [-0.2, -0.15) is 5.10 Å². The maximum absolute atomic E-state index is 9.59. The number of aromatic nitrogens is 2. The zero-order valence-electron chi connectivity index (χ0n) is 9.98. The van der Waals surface area contributed by atoms with Crippen LogP contribution in [0.5, 0.6) is 0 Å². The smallest absolute Gasteiger partial charge is 0.0625 e. The van der Waals surface area contributed by atoms with Crippen molar-refractivity contribution in [1.29, 1.82) is 0 Å². The van der Waals surface area contributed by atoms with Gasteiger partial charge in [-0.15, -0.1) is 0 Å². The number of hydrogen-bond donors (Lipinski definition) is 1. The van der Waals surface area contributed by atoms with E-state index in [2.05, 4.69) is 25.9 Å². The number of hydrogen-bond acceptors (Lipinski definition) is 2. The summed E-state index contributed by atoms with van der Waals surface area (Å²) in [4.78, 5) is 0. The van der Waals surface area contributed by atoms with Crippen molar-refractivity contribution in [3.63, 3.8) is 0 Å². The van der Waals surface area contributed by atoms with Gasteiger partial charge in [-0.05, 0) is 39.2 Å². The SMILES string of the molecule is CCCC(O)CCc1ccn(C(C)C)n1. The van der Waals surface area contributed by atoms with E-state index in [0.717, 1.165) is 31.4 Å². The summed E-state index contributed by atoms with van der Waals surface area (Å²) < 4.78 is 1.96. The summed E-state index contributed by atoms with van der Waals surface area (Å²) in [7, 11) is 0. The van der Waals surface area contributed by atoms with Gasteiger partial charge in [0.25, 0.3) is 0 Å². The van der Waals surface area contributed by atoms with Gasteiger partial charge in [-0.3, -0.25) is 4.68 Å². The highest BCUT2D eigenvalue weighted by atomic mass is 16.3. The largest absolute Gasteiger partial charge is 0.393 e. The van der Waals surface area contributed by atoms with Gasteiger partial charge in [-0.25, -0.2) is 0 Å². The van der Waals surface area contributed by atoms with Crippen molar-refractivity contribution in [2.24, 2.45) is 0 Å². The van der Waals surface area contributed by atoms with Crippen LogP contribution in [0.3, 0.4) is 0 Å². The Morgan fingerprint density at radius 3 is 2.67 bits per heavy atom. The van der Waals surface area contributed by atoms with E-state index in [4.69, 9.17) is 0 Å². The summed E-state index contributed by atoms with van der Waals surface area (Å²) in [5.74, 6) is 0. The van der Waals surface area contributed by atoms with Gasteiger partial charge < -0.3 is 5.11 Å². The van der Waals surface area contributed by atoms with E-state index < -0.39 is 0 Å². The Kier molecular flexibility index (Phi) is 4.82. The van der Waals surface area contributed by atoms with Crippen LogP contribution in [-0.2, 0) is 6.42 Å². The molecule has 0 amide bonds. The van der Waals surface area contributed by atoms with Crippen molar-refractivity contribution >= 4 is 0 Å². The minimum atomic E-state index is -0.167. The fraction of sp³-hybridized carbons (Fsp3) is 0.750. The summed E-state index contributed by atoms with van der Waals surface area (Å²) in [6, 6.07) is 2.46. The summed E-state index contributed by atoms with van der Waals surface area (Å²) in [5.41, 5.74) is 1.08. The van der Waals surface area contributed by atoms with Gasteiger partial charge in [-0.1, -0.05) is 13.3 Å². The number of aliphatic hydroxyl groups is 1. The molecule has 1 unspecified atom stereocenters. The Bertz CT molecular complexity index is 281. The number of aliphatic hydroxyl groups excluding tert-OH is 1. The summed E-state index contributed by atoms with van der Waals surface area (Å²) in [6.07, 6.45) is 5.47. The Hall–Kier alpha value is -0.830. The predicted molar refractivity (Wildman–Crippen MR) is 61.8 cm³/mol. The first-order valence-electron chi connectivity index (χ1n) is 5.85. The van der Waals surface area contributed by atoms with Crippen LogP contribution in [0.25, 0.3) is 0 Å². The summed E-state index contributed by atoms with van der Waals surface area (Å²) in [6.45, 7) is 6.32. The molecule has 0 aliphatic heterocycles. The lowest BCUT2D eigenvalue weighted by Crippen LogP contribution is -2.08. The Labute approximate surface area is 92.1 Å². The van der Waals surface area contributed by atoms with Crippen LogP contribution < -0.4 is 0 Å². The van der Waals surface area contributed by atoms with Gasteiger partial charge in [0.15, 0.2) is 0 Å². The molecule has 3 nitrogen and oxygen atoms in total. The van der Waals surface area contributed by atoms with Crippen LogP contribution in [0.15, 0.2) is 12.3 Å². The van der Waals surface area contributed by atoms with E-state index in [1.807, 2.05) is 16.9 Å². The van der Waals surface area contributed by atoms with Crippen LogP contribution in [0.2, 0.25) is 0 Å². The molecule has 0 aromatic carbocycles. The van der Waals surface area contributed by atoms with Crippen molar-refractivity contribution in [2.75, 3.05) is 0 Å². The number of aryl methyl sites for hydroxylation is 1. The maximum atomic E-state index is 9.59. The highest BCUT2D eigenvalue weighted by Gasteiger charge is 2.06. The lowest BCUT2D eigenvalue weighted by Gasteiger charge is -2.07. The standard InChI is InChI=1S/C12H22N2O/c1-4-5-12(15)7-6-11-8-9-14(13-11)10(2)3/h8-10,12,15H,4-7H2,1-3H3. The predicted octanol–water partition coefficient (Wildman–Crippen LogP) is 2.56. The van der Waals surface area contributed by atoms with Crippen LogP contribution in [0.1, 0.15) is 51.8 Å². The van der Waals surface area contributed by atoms with E-state index in [0.29, 0.717) is 6.04 Å². The summed E-state index contributed by atoms with van der Waals surface area (Å²) >= 11 is 0. The summed E-state index contributed by atoms with van der Waals surface area (Å²) in [5, 5.41) is 14.0. The molecule has 0 saturated heterocycles. The molecule has 1 atom stereocenters. The van der Waals surface area contributed by atoms with Gasteiger partial charge in [0.05, 0.1) is 11.8 Å². The molecule has 1 aromatic rings. The fourth-order valence-electron chi connectivity index (χ4n) is 1.59. The zero-order valence-corrected chi connectivity index (χ0v) is 9.98. The number of rotatable bonds is 6. The molecule has 0 spiro atoms. The average molecular weight is 210 g/mol. The van der Waals surface area contributed by atoms with E-state index in [-0.39, 0.29) is 6.10 Å². The van der Waals surface area contributed by atoms with Gasteiger partial charge >= 0.3 is 0 Å². The molecule has 1 heterocycles. The van der Waals surface area contributed by atoms with Crippen molar-refractivity contribution in [2.45, 2.75) is 58.6 Å². The van der Waals surface area contributed by atoms with Crippen molar-refractivity contribution < 1.29 is 5.11 Å². The Morgan fingerprint density at radius 2 is 2.13 bits per heavy atom. The minimum Gasteiger partial charge on any atom is -0.393 e. The van der Waals surface area contributed by atoms with Gasteiger partial charge in [0.2, 0.25) is 0 Å². The monoisotopic (exact) mass is 210 g/mol. The maximum Gasteiger partial charge on any atom is 0.0625 e. The van der Waals surface area contributed by atoms with E-state index in [1.54, 1.807) is 0 Å². The molecule has 1 rings (SSSR count). The minimum absolute atomic E-state index is 0.167. The second kappa shape index (κ2) is 5.91. The van der Waals surface area contributed by atoms with Crippen LogP contribution in [0.4, 0.5) is 0 Å². The third-order valence-electron chi connectivity index (χ3n) is 2.55. The third kappa shape index (κ3) is 4.04. The highest BCUT2D eigenvalue weighted by molar-refractivity contribution is 4.99. The van der Waals surface area contributed by atoms with E-state index in [1.165, 1.54) is 0 Å². The van der Waals surface area contributed by atoms with Crippen molar-refractivity contribution in [1.82, 2.24) is 9.78 Å². The molecule has 0 radical (unpaired) electrons. The van der Waals surface area contributed by atoms with Crippen molar-refractivity contribution in [3.8, 4) is 0 Å². The van der Waals surface area contributed by atoms with Crippen LogP contribution in [-0.4, -0.2) is 21.0 Å². The van der Waals surface area contributed by atoms with Gasteiger partial charge in [0, 0.05) is 12.2 Å². The first-order chi connectivity index (χ1) is 7.13. The molecule has 1 N–H and O–H groups in total. The second-order valence-corrected chi connectivity index (χ2v) is 4.36. The Morgan fingerprint density at radius 1 is 1.40 bits per heavy atom. The lowest BCUT2D eigenvalue weighted by atomic mass is 10.1. The van der Waals surface area contributed by atoms with Crippen molar-refractivity contribution in [3.05, 3.63) is 18.0 Å². The topological polar surface area (TPSA) is 38.0 Å². The molecule has 0 aliphatic rings. The normalized spacial score (nSPS) is 13.4. The molecule has 1 aromatic heterocycles. The molecule has 15 heavy (non-hydrogen) atoms. The first kappa shape index (κ1) is 12.2. The van der Waals surface area contributed by atoms with E-state index >= 15 is 0 Å². The molecule has 0 aliphatic carbocycles. The quantitative estimate of drug-likeness (QED) is 0.783. The highest BCUT2D eigenvalue weighted by Crippen LogP contribution is 2.09.